The van der Waals surface area contributed by atoms with Gasteiger partial charge in [-0.2, -0.15) is 0 Å². The van der Waals surface area contributed by atoms with E-state index in [-0.39, 0.29) is 5.91 Å². The third-order valence-corrected chi connectivity index (χ3v) is 6.57. The fourth-order valence-electron chi connectivity index (χ4n) is 4.91. The van der Waals surface area contributed by atoms with Gasteiger partial charge in [-0.15, -0.1) is 0 Å². The van der Waals surface area contributed by atoms with Crippen LogP contribution in [0.1, 0.15) is 39.0 Å². The van der Waals surface area contributed by atoms with E-state index in [1.54, 1.807) is 6.92 Å². The van der Waals surface area contributed by atoms with E-state index in [2.05, 4.69) is 20.3 Å². The molecule has 6 nitrogen and oxygen atoms in total. The molecule has 1 saturated carbocycles. The third kappa shape index (κ3) is 4.79. The first kappa shape index (κ1) is 20.3. The molecule has 29 heavy (non-hydrogen) atoms. The van der Waals surface area contributed by atoms with Crippen LogP contribution in [0.5, 0.6) is 0 Å². The fraction of sp³-hybridized carbons (Fsp3) is 0.714. The van der Waals surface area contributed by atoms with E-state index in [4.69, 9.17) is 4.84 Å². The minimum absolute atomic E-state index is 0.0696. The van der Waals surface area contributed by atoms with Crippen LogP contribution >= 0.6 is 0 Å². The molecule has 2 aliphatic carbocycles. The van der Waals surface area contributed by atoms with E-state index in [0.717, 1.165) is 57.6 Å². The summed E-state index contributed by atoms with van der Waals surface area (Å²) in [5.74, 6) is -0.180. The van der Waals surface area contributed by atoms with Crippen molar-refractivity contribution >= 4 is 11.7 Å². The van der Waals surface area contributed by atoms with Crippen molar-refractivity contribution in [2.45, 2.75) is 51.2 Å². The zero-order valence-electron chi connectivity index (χ0n) is 16.9. The predicted molar refractivity (Wildman–Crippen MR) is 106 cm³/mol. The Morgan fingerprint density at radius 3 is 2.62 bits per heavy atom. The van der Waals surface area contributed by atoms with E-state index < -0.39 is 23.7 Å². The van der Waals surface area contributed by atoms with Gasteiger partial charge in [-0.25, -0.2) is 8.78 Å². The lowest BCUT2D eigenvalue weighted by Gasteiger charge is -2.37. The lowest BCUT2D eigenvalue weighted by molar-refractivity contribution is -0.119. The lowest BCUT2D eigenvalue weighted by Crippen LogP contribution is -2.50. The molecule has 160 valence electrons. The average molecular weight is 408 g/mol. The van der Waals surface area contributed by atoms with Crippen molar-refractivity contribution in [1.29, 1.82) is 0 Å². The monoisotopic (exact) mass is 408 g/mol. The molecule has 0 bridgehead atoms. The Kier molecular flexibility index (Phi) is 6.18. The second kappa shape index (κ2) is 8.81. The Bertz CT molecular complexity index is 707. The molecule has 2 aliphatic heterocycles. The molecule has 4 aliphatic rings. The Balaban J connectivity index is 1.19. The Labute approximate surface area is 170 Å². The summed E-state index contributed by atoms with van der Waals surface area (Å²) in [5.41, 5.74) is 0. The van der Waals surface area contributed by atoms with Gasteiger partial charge >= 0.3 is 0 Å². The molecule has 2 fully saturated rings. The van der Waals surface area contributed by atoms with Crippen LogP contribution in [0, 0.1) is 11.8 Å². The van der Waals surface area contributed by atoms with Crippen LogP contribution < -0.4 is 5.32 Å². The molecule has 0 radical (unpaired) electrons. The van der Waals surface area contributed by atoms with Crippen LogP contribution in [-0.4, -0.2) is 66.4 Å². The molecule has 2 unspecified atom stereocenters. The summed E-state index contributed by atoms with van der Waals surface area (Å²) < 4.78 is 27.5. The summed E-state index contributed by atoms with van der Waals surface area (Å²) in [4.78, 5) is 21.0. The van der Waals surface area contributed by atoms with Gasteiger partial charge in [0.25, 0.3) is 0 Å². The van der Waals surface area contributed by atoms with Crippen molar-refractivity contribution in [3.63, 3.8) is 0 Å². The van der Waals surface area contributed by atoms with Crippen molar-refractivity contribution < 1.29 is 18.4 Å². The van der Waals surface area contributed by atoms with Crippen LogP contribution in [0.2, 0.25) is 0 Å². The highest BCUT2D eigenvalue weighted by molar-refractivity contribution is 5.88. The molecule has 0 aromatic carbocycles. The number of carbonyl (C=O) groups is 1. The topological polar surface area (TPSA) is 57.2 Å². The number of fused-ring (bicyclic) bond motifs is 1. The molecule has 0 aromatic rings. The van der Waals surface area contributed by atoms with Crippen LogP contribution in [0.4, 0.5) is 8.78 Å². The predicted octanol–water partition coefficient (Wildman–Crippen LogP) is 2.74. The van der Waals surface area contributed by atoms with Crippen molar-refractivity contribution in [2.24, 2.45) is 17.0 Å². The van der Waals surface area contributed by atoms with Crippen molar-refractivity contribution in [3.05, 3.63) is 23.8 Å². The average Bonchev–Trinajstić information content (AvgIpc) is 3.11. The van der Waals surface area contributed by atoms with Gasteiger partial charge in [0.05, 0.1) is 5.92 Å². The molecule has 2 atom stereocenters. The molecule has 0 aromatic heterocycles. The van der Waals surface area contributed by atoms with Gasteiger partial charge in [-0.05, 0) is 50.6 Å². The van der Waals surface area contributed by atoms with Gasteiger partial charge in [0, 0.05) is 45.2 Å². The molecular weight excluding hydrogens is 378 g/mol. The van der Waals surface area contributed by atoms with Crippen LogP contribution in [0.25, 0.3) is 0 Å². The van der Waals surface area contributed by atoms with Gasteiger partial charge in [0.15, 0.2) is 11.9 Å². The highest BCUT2D eigenvalue weighted by atomic mass is 19.1. The summed E-state index contributed by atoms with van der Waals surface area (Å²) >= 11 is 0. The van der Waals surface area contributed by atoms with E-state index in [1.165, 1.54) is 25.3 Å². The van der Waals surface area contributed by atoms with E-state index >= 15 is 0 Å². The Hall–Kier alpha value is -1.96. The standard InChI is InChI=1S/C21H30F2N4O2/c1-14(28)24-17-4-2-15(3-5-17)6-7-26-8-10-27(11-9-26)21-18-12-16(22)13-19(23)20(18)29-25-21/h12-13,15,17-18,20H,2-11H2,1H3,(H,24,28). The van der Waals surface area contributed by atoms with Gasteiger partial charge in [-0.1, -0.05) is 5.16 Å². The molecular formula is C21H30F2N4O2. The number of amidine groups is 1. The van der Waals surface area contributed by atoms with Crippen molar-refractivity contribution in [2.75, 3.05) is 32.7 Å². The zero-order chi connectivity index (χ0) is 20.4. The number of amides is 1. The van der Waals surface area contributed by atoms with Crippen LogP contribution in [0.3, 0.4) is 0 Å². The molecule has 4 rings (SSSR count). The lowest BCUT2D eigenvalue weighted by atomic mass is 9.84. The smallest absolute Gasteiger partial charge is 0.217 e. The van der Waals surface area contributed by atoms with E-state index in [9.17, 15) is 13.6 Å². The normalized spacial score (nSPS) is 32.7. The molecule has 1 saturated heterocycles. The summed E-state index contributed by atoms with van der Waals surface area (Å²) in [6.07, 6.45) is 7.18. The Morgan fingerprint density at radius 2 is 1.93 bits per heavy atom. The SMILES string of the molecule is CC(=O)NC1CCC(CCN2CCN(C3=NOC4C(F)=CC(F)=CC34)CC2)CC1. The fourth-order valence-corrected chi connectivity index (χ4v) is 4.91. The minimum atomic E-state index is -0.810. The maximum absolute atomic E-state index is 13.9. The van der Waals surface area contributed by atoms with Gasteiger partial charge in [-0.3, -0.25) is 9.69 Å². The summed E-state index contributed by atoms with van der Waals surface area (Å²) in [5, 5.41) is 7.10. The van der Waals surface area contributed by atoms with E-state index in [0.29, 0.717) is 11.9 Å². The quantitative estimate of drug-likeness (QED) is 0.777. The first-order valence-electron chi connectivity index (χ1n) is 10.7. The van der Waals surface area contributed by atoms with Crippen molar-refractivity contribution in [1.82, 2.24) is 15.1 Å². The first-order chi connectivity index (χ1) is 14.0. The van der Waals surface area contributed by atoms with Crippen molar-refractivity contribution in [3.8, 4) is 0 Å². The molecule has 8 heteroatoms. The highest BCUT2D eigenvalue weighted by Crippen LogP contribution is 2.34. The van der Waals surface area contributed by atoms with Gasteiger partial charge in [0.1, 0.15) is 11.7 Å². The molecule has 2 heterocycles. The highest BCUT2D eigenvalue weighted by Gasteiger charge is 2.41. The van der Waals surface area contributed by atoms with Crippen LogP contribution in [0.15, 0.2) is 29.0 Å². The largest absolute Gasteiger partial charge is 0.383 e. The zero-order valence-corrected chi connectivity index (χ0v) is 16.9. The third-order valence-electron chi connectivity index (χ3n) is 6.57. The van der Waals surface area contributed by atoms with Gasteiger partial charge in [0.2, 0.25) is 5.91 Å². The maximum atomic E-state index is 13.9. The number of rotatable bonds is 4. The first-order valence-corrected chi connectivity index (χ1v) is 10.7. The van der Waals surface area contributed by atoms with Gasteiger partial charge < -0.3 is 15.1 Å². The maximum Gasteiger partial charge on any atom is 0.217 e. The second-order valence-corrected chi connectivity index (χ2v) is 8.62. The number of carbonyl (C=O) groups excluding carboxylic acids is 1. The molecule has 1 amide bonds. The number of hydrogen-bond acceptors (Lipinski definition) is 5. The minimum Gasteiger partial charge on any atom is -0.383 e. The number of nitrogens with zero attached hydrogens (tertiary/aromatic N) is 3. The number of piperazine rings is 1. The van der Waals surface area contributed by atoms with E-state index in [1.807, 2.05) is 0 Å². The number of allylic oxidation sites excluding steroid dienone is 2. The summed E-state index contributed by atoms with van der Waals surface area (Å²) in [6.45, 7) is 6.08. The molecule has 0 spiro atoms. The second-order valence-electron chi connectivity index (χ2n) is 8.62. The number of halogens is 2. The number of nitrogens with one attached hydrogen (secondary N) is 1. The number of oxime groups is 1. The van der Waals surface area contributed by atoms with Crippen LogP contribution in [-0.2, 0) is 9.63 Å². The Morgan fingerprint density at radius 1 is 1.21 bits per heavy atom. The summed E-state index contributed by atoms with van der Waals surface area (Å²) in [6, 6.07) is 0.351. The molecule has 1 N–H and O–H groups in total. The summed E-state index contributed by atoms with van der Waals surface area (Å²) in [7, 11) is 0. The number of hydrogen-bond donors (Lipinski definition) is 1.